The second-order valence-corrected chi connectivity index (χ2v) is 5.67. The molecule has 1 aromatic carbocycles. The van der Waals surface area contributed by atoms with Crippen molar-refractivity contribution in [3.8, 4) is 5.75 Å². The van der Waals surface area contributed by atoms with Crippen molar-refractivity contribution in [2.45, 2.75) is 33.6 Å². The molecule has 1 heterocycles. The SMILES string of the molecule is CCCN(CCC)c1ncc(C(=O)Nc2ccc(OCC)cc2)cn1. The Morgan fingerprint density at radius 1 is 1.04 bits per heavy atom. The third-order valence-electron chi connectivity index (χ3n) is 3.59. The molecule has 0 aliphatic rings. The van der Waals surface area contributed by atoms with E-state index in [0.717, 1.165) is 31.7 Å². The maximum Gasteiger partial charge on any atom is 0.258 e. The van der Waals surface area contributed by atoms with E-state index >= 15 is 0 Å². The van der Waals surface area contributed by atoms with Gasteiger partial charge in [0.1, 0.15) is 5.75 Å². The summed E-state index contributed by atoms with van der Waals surface area (Å²) in [7, 11) is 0. The molecule has 2 rings (SSSR count). The first-order valence-electron chi connectivity index (χ1n) is 8.79. The number of carbonyl (C=O) groups is 1. The van der Waals surface area contributed by atoms with Crippen LogP contribution in [0.15, 0.2) is 36.7 Å². The van der Waals surface area contributed by atoms with Crippen LogP contribution in [0, 0.1) is 0 Å². The van der Waals surface area contributed by atoms with Crippen molar-refractivity contribution >= 4 is 17.5 Å². The highest BCUT2D eigenvalue weighted by Gasteiger charge is 2.11. The molecule has 0 saturated carbocycles. The summed E-state index contributed by atoms with van der Waals surface area (Å²) >= 11 is 0. The average molecular weight is 342 g/mol. The van der Waals surface area contributed by atoms with Crippen molar-refractivity contribution in [2.75, 3.05) is 29.9 Å². The lowest BCUT2D eigenvalue weighted by molar-refractivity contribution is 0.102. The van der Waals surface area contributed by atoms with E-state index in [1.807, 2.05) is 31.2 Å². The van der Waals surface area contributed by atoms with Crippen LogP contribution in [0.4, 0.5) is 11.6 Å². The fourth-order valence-electron chi connectivity index (χ4n) is 2.46. The van der Waals surface area contributed by atoms with E-state index < -0.39 is 0 Å². The number of benzene rings is 1. The molecule has 1 aromatic heterocycles. The highest BCUT2D eigenvalue weighted by Crippen LogP contribution is 2.16. The Bertz CT molecular complexity index is 650. The van der Waals surface area contributed by atoms with Gasteiger partial charge in [-0.05, 0) is 44.0 Å². The van der Waals surface area contributed by atoms with Crippen LogP contribution in [0.3, 0.4) is 0 Å². The molecule has 0 saturated heterocycles. The second-order valence-electron chi connectivity index (χ2n) is 5.67. The minimum Gasteiger partial charge on any atom is -0.494 e. The fraction of sp³-hybridized carbons (Fsp3) is 0.421. The average Bonchev–Trinajstić information content (AvgIpc) is 2.63. The standard InChI is InChI=1S/C19H26N4O2/c1-4-11-23(12-5-2)19-20-13-15(14-21-19)18(24)22-16-7-9-17(10-8-16)25-6-3/h7-10,13-14H,4-6,11-12H2,1-3H3,(H,22,24). The van der Waals surface area contributed by atoms with Crippen LogP contribution in [0.2, 0.25) is 0 Å². The van der Waals surface area contributed by atoms with E-state index in [1.165, 1.54) is 0 Å². The van der Waals surface area contributed by atoms with Crippen LogP contribution < -0.4 is 15.0 Å². The molecule has 0 fully saturated rings. The van der Waals surface area contributed by atoms with Gasteiger partial charge in [0, 0.05) is 31.2 Å². The summed E-state index contributed by atoms with van der Waals surface area (Å²) < 4.78 is 5.39. The minimum atomic E-state index is -0.228. The van der Waals surface area contributed by atoms with Crippen LogP contribution in [0.5, 0.6) is 5.75 Å². The summed E-state index contributed by atoms with van der Waals surface area (Å²) in [6, 6.07) is 7.27. The monoisotopic (exact) mass is 342 g/mol. The normalized spacial score (nSPS) is 10.4. The van der Waals surface area contributed by atoms with Gasteiger partial charge in [-0.3, -0.25) is 4.79 Å². The Labute approximate surface area is 149 Å². The molecule has 0 spiro atoms. The van der Waals surface area contributed by atoms with Gasteiger partial charge in [-0.2, -0.15) is 0 Å². The number of rotatable bonds is 9. The zero-order valence-electron chi connectivity index (χ0n) is 15.2. The lowest BCUT2D eigenvalue weighted by atomic mass is 10.2. The smallest absolute Gasteiger partial charge is 0.258 e. The van der Waals surface area contributed by atoms with Crippen LogP contribution in [-0.2, 0) is 0 Å². The summed E-state index contributed by atoms with van der Waals surface area (Å²) in [4.78, 5) is 23.2. The highest BCUT2D eigenvalue weighted by atomic mass is 16.5. The Hall–Kier alpha value is -2.63. The molecule has 0 unspecified atom stereocenters. The number of hydrogen-bond acceptors (Lipinski definition) is 5. The highest BCUT2D eigenvalue weighted by molar-refractivity contribution is 6.03. The molecule has 1 N–H and O–H groups in total. The molecule has 2 aromatic rings. The van der Waals surface area contributed by atoms with Crippen molar-refractivity contribution < 1.29 is 9.53 Å². The van der Waals surface area contributed by atoms with Crippen LogP contribution >= 0.6 is 0 Å². The van der Waals surface area contributed by atoms with E-state index in [1.54, 1.807) is 12.4 Å². The first kappa shape index (κ1) is 18.7. The summed E-state index contributed by atoms with van der Waals surface area (Å²) in [5, 5.41) is 2.84. The first-order chi connectivity index (χ1) is 12.2. The van der Waals surface area contributed by atoms with Gasteiger partial charge in [0.05, 0.1) is 12.2 Å². The molecule has 25 heavy (non-hydrogen) atoms. The molecule has 6 nitrogen and oxygen atoms in total. The van der Waals surface area contributed by atoms with Crippen molar-refractivity contribution in [1.29, 1.82) is 0 Å². The number of nitrogens with zero attached hydrogens (tertiary/aromatic N) is 3. The van der Waals surface area contributed by atoms with Crippen molar-refractivity contribution in [3.05, 3.63) is 42.2 Å². The molecule has 1 amide bonds. The first-order valence-corrected chi connectivity index (χ1v) is 8.79. The van der Waals surface area contributed by atoms with Crippen LogP contribution in [0.25, 0.3) is 0 Å². The van der Waals surface area contributed by atoms with E-state index in [0.29, 0.717) is 23.8 Å². The lowest BCUT2D eigenvalue weighted by Gasteiger charge is -2.21. The minimum absolute atomic E-state index is 0.228. The van der Waals surface area contributed by atoms with Crippen molar-refractivity contribution in [1.82, 2.24) is 9.97 Å². The maximum absolute atomic E-state index is 12.3. The van der Waals surface area contributed by atoms with E-state index in [4.69, 9.17) is 4.74 Å². The number of aromatic nitrogens is 2. The van der Waals surface area contributed by atoms with Gasteiger partial charge in [0.2, 0.25) is 5.95 Å². The predicted octanol–water partition coefficient (Wildman–Crippen LogP) is 3.75. The Morgan fingerprint density at radius 3 is 2.16 bits per heavy atom. The molecule has 0 bridgehead atoms. The van der Waals surface area contributed by atoms with Crippen molar-refractivity contribution in [2.24, 2.45) is 0 Å². The fourth-order valence-corrected chi connectivity index (χ4v) is 2.46. The predicted molar refractivity (Wildman–Crippen MR) is 100 cm³/mol. The van der Waals surface area contributed by atoms with Gasteiger partial charge in [-0.1, -0.05) is 13.8 Å². The Balaban J connectivity index is 2.01. The lowest BCUT2D eigenvalue weighted by Crippen LogP contribution is -2.27. The summed E-state index contributed by atoms with van der Waals surface area (Å²) in [6.45, 7) is 8.61. The topological polar surface area (TPSA) is 67.4 Å². The van der Waals surface area contributed by atoms with Gasteiger partial charge in [0.25, 0.3) is 5.91 Å². The Kier molecular flexibility index (Phi) is 7.19. The molecule has 0 radical (unpaired) electrons. The number of carbonyl (C=O) groups excluding carboxylic acids is 1. The molecular formula is C19H26N4O2. The summed E-state index contributed by atoms with van der Waals surface area (Å²) in [5.41, 5.74) is 1.14. The van der Waals surface area contributed by atoms with Gasteiger partial charge in [-0.15, -0.1) is 0 Å². The molecule has 0 aliphatic heterocycles. The largest absolute Gasteiger partial charge is 0.494 e. The third-order valence-corrected chi connectivity index (χ3v) is 3.59. The zero-order valence-corrected chi connectivity index (χ0v) is 15.2. The van der Waals surface area contributed by atoms with E-state index in [2.05, 4.69) is 34.0 Å². The van der Waals surface area contributed by atoms with E-state index in [9.17, 15) is 4.79 Å². The number of hydrogen-bond donors (Lipinski definition) is 1. The van der Waals surface area contributed by atoms with Gasteiger partial charge >= 0.3 is 0 Å². The quantitative estimate of drug-likeness (QED) is 0.751. The van der Waals surface area contributed by atoms with Gasteiger partial charge < -0.3 is 15.0 Å². The third kappa shape index (κ3) is 5.45. The summed E-state index contributed by atoms with van der Waals surface area (Å²) in [5.74, 6) is 1.22. The van der Waals surface area contributed by atoms with Crippen LogP contribution in [0.1, 0.15) is 44.0 Å². The molecule has 134 valence electrons. The van der Waals surface area contributed by atoms with Crippen LogP contribution in [-0.4, -0.2) is 35.6 Å². The number of anilines is 2. The number of amides is 1. The number of ether oxygens (including phenoxy) is 1. The molecule has 0 atom stereocenters. The van der Waals surface area contributed by atoms with Gasteiger partial charge in [0.15, 0.2) is 0 Å². The maximum atomic E-state index is 12.3. The molecule has 6 heteroatoms. The summed E-state index contributed by atoms with van der Waals surface area (Å²) in [6.07, 6.45) is 5.21. The van der Waals surface area contributed by atoms with Gasteiger partial charge in [-0.25, -0.2) is 9.97 Å². The Morgan fingerprint density at radius 2 is 1.64 bits per heavy atom. The molecular weight excluding hydrogens is 316 g/mol. The van der Waals surface area contributed by atoms with Crippen molar-refractivity contribution in [3.63, 3.8) is 0 Å². The zero-order chi connectivity index (χ0) is 18.1. The molecule has 0 aliphatic carbocycles. The second kappa shape index (κ2) is 9.61. The van der Waals surface area contributed by atoms with E-state index in [-0.39, 0.29) is 5.91 Å². The number of nitrogens with one attached hydrogen (secondary N) is 1.